The third-order valence-electron chi connectivity index (χ3n) is 3.69. The quantitative estimate of drug-likeness (QED) is 0.918. The van der Waals surface area contributed by atoms with Gasteiger partial charge in [-0.15, -0.1) is 10.2 Å². The molecule has 3 atom stereocenters. The summed E-state index contributed by atoms with van der Waals surface area (Å²) in [6.07, 6.45) is 3.60. The Morgan fingerprint density at radius 2 is 2.06 bits per heavy atom. The molecule has 0 saturated heterocycles. The molecular formula is C11H16Cl2N4. The molecule has 2 rings (SSSR count). The molecule has 0 amide bonds. The Bertz CT molecular complexity index is 399. The summed E-state index contributed by atoms with van der Waals surface area (Å²) in [5, 5.41) is 11.1. The van der Waals surface area contributed by atoms with Crippen LogP contribution in [0.4, 0.5) is 5.82 Å². The summed E-state index contributed by atoms with van der Waals surface area (Å²) in [5.74, 6) is 1.93. The molecule has 6 heteroatoms. The largest absolute Gasteiger partial charge is 0.364 e. The molecule has 94 valence electrons. The van der Waals surface area contributed by atoms with Gasteiger partial charge in [-0.1, -0.05) is 31.9 Å². The van der Waals surface area contributed by atoms with Crippen molar-refractivity contribution in [2.75, 3.05) is 5.32 Å². The van der Waals surface area contributed by atoms with Crippen LogP contribution in [0.25, 0.3) is 0 Å². The van der Waals surface area contributed by atoms with Gasteiger partial charge in [-0.05, 0) is 36.3 Å². The number of halogens is 2. The lowest BCUT2D eigenvalue weighted by Gasteiger charge is -2.21. The van der Waals surface area contributed by atoms with Crippen molar-refractivity contribution >= 4 is 29.0 Å². The first-order chi connectivity index (χ1) is 8.11. The molecule has 1 aromatic rings. The van der Waals surface area contributed by atoms with Crippen molar-refractivity contribution in [3.63, 3.8) is 0 Å². The van der Waals surface area contributed by atoms with Gasteiger partial charge >= 0.3 is 0 Å². The number of anilines is 1. The van der Waals surface area contributed by atoms with Gasteiger partial charge < -0.3 is 5.32 Å². The highest BCUT2D eigenvalue weighted by molar-refractivity contribution is 6.32. The number of hydrogen-bond acceptors (Lipinski definition) is 4. The minimum Gasteiger partial charge on any atom is -0.364 e. The molecule has 0 aromatic carbocycles. The zero-order valence-electron chi connectivity index (χ0n) is 9.95. The Labute approximate surface area is 111 Å². The minimum atomic E-state index is 0.120. The summed E-state index contributed by atoms with van der Waals surface area (Å²) in [5.41, 5.74) is 0. The van der Waals surface area contributed by atoms with E-state index in [4.69, 9.17) is 23.2 Å². The van der Waals surface area contributed by atoms with Gasteiger partial charge in [0.1, 0.15) is 0 Å². The Balaban J connectivity index is 2.09. The molecule has 17 heavy (non-hydrogen) atoms. The average Bonchev–Trinajstić information content (AvgIpc) is 2.65. The van der Waals surface area contributed by atoms with Crippen LogP contribution in [0.15, 0.2) is 0 Å². The summed E-state index contributed by atoms with van der Waals surface area (Å²) in [6, 6.07) is 0.394. The second-order valence-electron chi connectivity index (χ2n) is 4.58. The van der Waals surface area contributed by atoms with Crippen LogP contribution in [-0.4, -0.2) is 21.2 Å². The molecule has 0 aliphatic heterocycles. The zero-order chi connectivity index (χ0) is 12.4. The Hall–Kier alpha value is -0.610. The molecular weight excluding hydrogens is 259 g/mol. The van der Waals surface area contributed by atoms with E-state index in [0.717, 1.165) is 12.3 Å². The van der Waals surface area contributed by atoms with Gasteiger partial charge in [0.15, 0.2) is 11.0 Å². The topological polar surface area (TPSA) is 50.7 Å². The SMILES string of the molecule is CCC1CCC(Nc2nc(Cl)nnc2Cl)C1C. The van der Waals surface area contributed by atoms with Gasteiger partial charge in [0.05, 0.1) is 0 Å². The second-order valence-corrected chi connectivity index (χ2v) is 5.27. The maximum atomic E-state index is 5.94. The van der Waals surface area contributed by atoms with Crippen LogP contribution in [0.3, 0.4) is 0 Å². The molecule has 3 unspecified atom stereocenters. The van der Waals surface area contributed by atoms with Crippen LogP contribution in [0.5, 0.6) is 0 Å². The van der Waals surface area contributed by atoms with Crippen molar-refractivity contribution in [3.05, 3.63) is 10.4 Å². The van der Waals surface area contributed by atoms with Gasteiger partial charge in [-0.2, -0.15) is 4.98 Å². The monoisotopic (exact) mass is 274 g/mol. The number of rotatable bonds is 3. The van der Waals surface area contributed by atoms with Crippen LogP contribution in [0.2, 0.25) is 10.4 Å². The molecule has 1 heterocycles. The van der Waals surface area contributed by atoms with Gasteiger partial charge in [0.25, 0.3) is 0 Å². The van der Waals surface area contributed by atoms with E-state index in [1.54, 1.807) is 0 Å². The average molecular weight is 275 g/mol. The fourth-order valence-corrected chi connectivity index (χ4v) is 2.85. The number of hydrogen-bond donors (Lipinski definition) is 1. The lowest BCUT2D eigenvalue weighted by molar-refractivity contribution is 0.391. The van der Waals surface area contributed by atoms with Crippen LogP contribution >= 0.6 is 23.2 Å². The smallest absolute Gasteiger partial charge is 0.245 e. The minimum absolute atomic E-state index is 0.120. The van der Waals surface area contributed by atoms with Gasteiger partial charge in [0.2, 0.25) is 5.28 Å². The summed E-state index contributed by atoms with van der Waals surface area (Å²) < 4.78 is 0. The molecule has 4 nitrogen and oxygen atoms in total. The van der Waals surface area contributed by atoms with Crippen molar-refractivity contribution in [3.8, 4) is 0 Å². The first-order valence-electron chi connectivity index (χ1n) is 5.94. The van der Waals surface area contributed by atoms with Crippen molar-refractivity contribution in [1.29, 1.82) is 0 Å². The lowest BCUT2D eigenvalue weighted by Crippen LogP contribution is -2.25. The van der Waals surface area contributed by atoms with E-state index >= 15 is 0 Å². The molecule has 1 aliphatic carbocycles. The predicted octanol–water partition coefficient (Wildman–Crippen LogP) is 3.42. The van der Waals surface area contributed by atoms with Gasteiger partial charge in [-0.3, -0.25) is 0 Å². The third kappa shape index (κ3) is 2.80. The Morgan fingerprint density at radius 1 is 1.29 bits per heavy atom. The lowest BCUT2D eigenvalue weighted by atomic mass is 9.93. The normalized spacial score (nSPS) is 28.4. The van der Waals surface area contributed by atoms with E-state index < -0.39 is 0 Å². The molecule has 1 aromatic heterocycles. The van der Waals surface area contributed by atoms with Crippen LogP contribution in [-0.2, 0) is 0 Å². The third-order valence-corrected chi connectivity index (χ3v) is 4.11. The maximum absolute atomic E-state index is 5.94. The maximum Gasteiger partial charge on any atom is 0.245 e. The van der Waals surface area contributed by atoms with E-state index in [9.17, 15) is 0 Å². The molecule has 1 aliphatic rings. The molecule has 1 fully saturated rings. The summed E-state index contributed by atoms with van der Waals surface area (Å²) in [4.78, 5) is 4.07. The molecule has 0 bridgehead atoms. The number of nitrogens with zero attached hydrogens (tertiary/aromatic N) is 3. The number of aromatic nitrogens is 3. The molecule has 1 N–H and O–H groups in total. The molecule has 0 radical (unpaired) electrons. The first-order valence-corrected chi connectivity index (χ1v) is 6.69. The first kappa shape index (κ1) is 12.8. The highest BCUT2D eigenvalue weighted by atomic mass is 35.5. The van der Waals surface area contributed by atoms with E-state index in [2.05, 4.69) is 34.3 Å². The molecule has 0 spiro atoms. The Morgan fingerprint density at radius 3 is 2.71 bits per heavy atom. The van der Waals surface area contributed by atoms with Crippen molar-refractivity contribution < 1.29 is 0 Å². The van der Waals surface area contributed by atoms with Gasteiger partial charge in [0, 0.05) is 6.04 Å². The van der Waals surface area contributed by atoms with E-state index in [0.29, 0.717) is 17.8 Å². The van der Waals surface area contributed by atoms with Crippen molar-refractivity contribution in [2.24, 2.45) is 11.8 Å². The van der Waals surface area contributed by atoms with Crippen molar-refractivity contribution in [2.45, 2.75) is 39.2 Å². The highest BCUT2D eigenvalue weighted by Gasteiger charge is 2.32. The van der Waals surface area contributed by atoms with Crippen molar-refractivity contribution in [1.82, 2.24) is 15.2 Å². The number of nitrogens with one attached hydrogen (secondary N) is 1. The highest BCUT2D eigenvalue weighted by Crippen LogP contribution is 2.36. The fourth-order valence-electron chi connectivity index (χ4n) is 2.59. The van der Waals surface area contributed by atoms with E-state index in [1.165, 1.54) is 12.8 Å². The summed E-state index contributed by atoms with van der Waals surface area (Å²) >= 11 is 11.6. The van der Waals surface area contributed by atoms with Crippen LogP contribution < -0.4 is 5.32 Å². The fraction of sp³-hybridized carbons (Fsp3) is 0.727. The standard InChI is InChI=1S/C11H16Cl2N4/c1-3-7-4-5-8(6(7)2)14-10-9(12)16-17-11(13)15-10/h6-8H,3-5H2,1-2H3,(H,14,15,17). The van der Waals surface area contributed by atoms with E-state index in [-0.39, 0.29) is 10.4 Å². The zero-order valence-corrected chi connectivity index (χ0v) is 11.5. The van der Waals surface area contributed by atoms with Crippen LogP contribution in [0, 0.1) is 11.8 Å². The van der Waals surface area contributed by atoms with Gasteiger partial charge in [-0.25, -0.2) is 0 Å². The summed E-state index contributed by atoms with van der Waals surface area (Å²) in [7, 11) is 0. The second kappa shape index (κ2) is 5.36. The van der Waals surface area contributed by atoms with E-state index in [1.807, 2.05) is 0 Å². The Kier molecular flexibility index (Phi) is 4.05. The molecule has 1 saturated carbocycles. The summed E-state index contributed by atoms with van der Waals surface area (Å²) in [6.45, 7) is 4.50. The predicted molar refractivity (Wildman–Crippen MR) is 69.4 cm³/mol. The van der Waals surface area contributed by atoms with Crippen LogP contribution in [0.1, 0.15) is 33.1 Å².